The molecule has 0 saturated heterocycles. The van der Waals surface area contributed by atoms with Crippen molar-refractivity contribution in [3.63, 3.8) is 0 Å². The Hall–Kier alpha value is -1.34. The molecule has 0 aliphatic carbocycles. The Bertz CT molecular complexity index is 495. The van der Waals surface area contributed by atoms with E-state index in [0.29, 0.717) is 0 Å². The largest absolute Gasteiger partial charge is 0.0883 e. The Labute approximate surface area is 111 Å². The molecule has 2 rings (SSSR count). The van der Waals surface area contributed by atoms with Crippen molar-refractivity contribution in [1.29, 1.82) is 0 Å². The molecule has 0 fully saturated rings. The number of halogens is 1. The van der Waals surface area contributed by atoms with Crippen molar-refractivity contribution in [2.75, 3.05) is 5.33 Å². The summed E-state index contributed by atoms with van der Waals surface area (Å²) in [5.41, 5.74) is 5.10. The van der Waals surface area contributed by atoms with Crippen molar-refractivity contribution >= 4 is 21.5 Å². The van der Waals surface area contributed by atoms with Crippen LogP contribution in [0.25, 0.3) is 5.57 Å². The van der Waals surface area contributed by atoms with Gasteiger partial charge in [0.05, 0.1) is 0 Å². The van der Waals surface area contributed by atoms with E-state index in [-0.39, 0.29) is 0 Å². The van der Waals surface area contributed by atoms with Crippen molar-refractivity contribution in [3.05, 3.63) is 77.4 Å². The first-order valence-corrected chi connectivity index (χ1v) is 6.82. The first-order chi connectivity index (χ1) is 8.31. The number of allylic oxidation sites excluding steroid dienone is 1. The van der Waals surface area contributed by atoms with Gasteiger partial charge < -0.3 is 0 Å². The Morgan fingerprint density at radius 1 is 0.941 bits per heavy atom. The smallest absolute Gasteiger partial charge is 0.0221 e. The monoisotopic (exact) mass is 286 g/mol. The van der Waals surface area contributed by atoms with E-state index >= 15 is 0 Å². The molecule has 0 radical (unpaired) electrons. The van der Waals surface area contributed by atoms with Crippen LogP contribution in [0.1, 0.15) is 16.7 Å². The standard InChI is InChI=1S/C16H15Br/c1-13-7-9-15(10-8-13)16(11-12-17)14-5-3-2-4-6-14/h2-11H,12H2,1H3. The molecule has 0 atom stereocenters. The van der Waals surface area contributed by atoms with E-state index in [4.69, 9.17) is 0 Å². The van der Waals surface area contributed by atoms with E-state index in [1.165, 1.54) is 22.3 Å². The van der Waals surface area contributed by atoms with Gasteiger partial charge in [0.2, 0.25) is 0 Å². The van der Waals surface area contributed by atoms with Gasteiger partial charge in [0.15, 0.2) is 0 Å². The normalized spacial score (nSPS) is 11.5. The van der Waals surface area contributed by atoms with Gasteiger partial charge in [-0.3, -0.25) is 0 Å². The summed E-state index contributed by atoms with van der Waals surface area (Å²) < 4.78 is 0. The number of hydrogen-bond donors (Lipinski definition) is 0. The second-order valence-electron chi connectivity index (χ2n) is 4.00. The number of benzene rings is 2. The van der Waals surface area contributed by atoms with Crippen LogP contribution in [0.4, 0.5) is 0 Å². The first-order valence-electron chi connectivity index (χ1n) is 5.70. The zero-order valence-electron chi connectivity index (χ0n) is 9.86. The second kappa shape index (κ2) is 5.83. The molecular formula is C16H15Br. The lowest BCUT2D eigenvalue weighted by molar-refractivity contribution is 1.44. The Kier molecular flexibility index (Phi) is 4.16. The minimum atomic E-state index is 0.866. The average molecular weight is 287 g/mol. The molecule has 0 N–H and O–H groups in total. The molecule has 0 unspecified atom stereocenters. The second-order valence-corrected chi connectivity index (χ2v) is 4.65. The summed E-state index contributed by atoms with van der Waals surface area (Å²) >= 11 is 3.48. The van der Waals surface area contributed by atoms with Crippen molar-refractivity contribution in [2.45, 2.75) is 6.92 Å². The first kappa shape index (κ1) is 12.1. The van der Waals surface area contributed by atoms with Crippen LogP contribution in [-0.4, -0.2) is 5.33 Å². The quantitative estimate of drug-likeness (QED) is 0.710. The van der Waals surface area contributed by atoms with Crippen LogP contribution in [0.15, 0.2) is 60.7 Å². The van der Waals surface area contributed by atoms with Gasteiger partial charge in [0.1, 0.15) is 0 Å². The molecule has 1 heteroatoms. The van der Waals surface area contributed by atoms with E-state index < -0.39 is 0 Å². The van der Waals surface area contributed by atoms with Crippen LogP contribution in [-0.2, 0) is 0 Å². The van der Waals surface area contributed by atoms with Crippen molar-refractivity contribution in [1.82, 2.24) is 0 Å². The maximum absolute atomic E-state index is 3.48. The maximum atomic E-state index is 3.48. The SMILES string of the molecule is Cc1ccc(C(=CCBr)c2ccccc2)cc1. The Morgan fingerprint density at radius 3 is 2.12 bits per heavy atom. The van der Waals surface area contributed by atoms with Crippen LogP contribution in [0.5, 0.6) is 0 Å². The van der Waals surface area contributed by atoms with Crippen LogP contribution >= 0.6 is 15.9 Å². The summed E-state index contributed by atoms with van der Waals surface area (Å²) in [5, 5.41) is 0.866. The van der Waals surface area contributed by atoms with Crippen molar-refractivity contribution in [2.24, 2.45) is 0 Å². The highest BCUT2D eigenvalue weighted by atomic mass is 79.9. The van der Waals surface area contributed by atoms with Crippen LogP contribution in [0.3, 0.4) is 0 Å². The summed E-state index contributed by atoms with van der Waals surface area (Å²) in [7, 11) is 0. The molecule has 2 aromatic rings. The summed E-state index contributed by atoms with van der Waals surface area (Å²) in [4.78, 5) is 0. The molecule has 0 bridgehead atoms. The Morgan fingerprint density at radius 2 is 1.53 bits per heavy atom. The lowest BCUT2D eigenvalue weighted by Gasteiger charge is -2.08. The fourth-order valence-electron chi connectivity index (χ4n) is 1.83. The average Bonchev–Trinajstić information content (AvgIpc) is 2.38. The lowest BCUT2D eigenvalue weighted by atomic mass is 9.97. The molecule has 0 aliphatic heterocycles. The van der Waals surface area contributed by atoms with Gasteiger partial charge in [-0.05, 0) is 23.6 Å². The molecule has 0 saturated carbocycles. The predicted molar refractivity (Wildman–Crippen MR) is 78.5 cm³/mol. The van der Waals surface area contributed by atoms with Crippen molar-refractivity contribution in [3.8, 4) is 0 Å². The minimum Gasteiger partial charge on any atom is -0.0883 e. The highest BCUT2D eigenvalue weighted by Gasteiger charge is 2.03. The minimum absolute atomic E-state index is 0.866. The zero-order valence-corrected chi connectivity index (χ0v) is 11.4. The summed E-state index contributed by atoms with van der Waals surface area (Å²) in [5.74, 6) is 0. The van der Waals surface area contributed by atoms with Gasteiger partial charge in [0, 0.05) is 5.33 Å². The maximum Gasteiger partial charge on any atom is 0.0221 e. The summed E-state index contributed by atoms with van der Waals surface area (Å²) in [6, 6.07) is 19.2. The fraction of sp³-hybridized carbons (Fsp3) is 0.125. The molecule has 0 aliphatic rings. The molecule has 2 aromatic carbocycles. The van der Waals surface area contributed by atoms with Gasteiger partial charge >= 0.3 is 0 Å². The van der Waals surface area contributed by atoms with Gasteiger partial charge in [-0.15, -0.1) is 0 Å². The molecule has 0 heterocycles. The topological polar surface area (TPSA) is 0 Å². The van der Waals surface area contributed by atoms with Crippen LogP contribution < -0.4 is 0 Å². The van der Waals surface area contributed by atoms with Crippen molar-refractivity contribution < 1.29 is 0 Å². The molecule has 0 aromatic heterocycles. The van der Waals surface area contributed by atoms with Gasteiger partial charge in [-0.1, -0.05) is 82.2 Å². The molecule has 0 spiro atoms. The number of hydrogen-bond acceptors (Lipinski definition) is 0. The van der Waals surface area contributed by atoms with E-state index in [1.54, 1.807) is 0 Å². The fourth-order valence-corrected chi connectivity index (χ4v) is 2.15. The van der Waals surface area contributed by atoms with E-state index in [9.17, 15) is 0 Å². The van der Waals surface area contributed by atoms with Gasteiger partial charge in [-0.2, -0.15) is 0 Å². The Balaban J connectivity index is 2.44. The van der Waals surface area contributed by atoms with E-state index in [1.807, 2.05) is 6.07 Å². The van der Waals surface area contributed by atoms with E-state index in [2.05, 4.69) is 77.5 Å². The predicted octanol–water partition coefficient (Wildman–Crippen LogP) is 4.82. The number of alkyl halides is 1. The lowest BCUT2D eigenvalue weighted by Crippen LogP contribution is -1.88. The number of rotatable bonds is 3. The highest BCUT2D eigenvalue weighted by molar-refractivity contribution is 9.09. The summed E-state index contributed by atoms with van der Waals surface area (Å²) in [6.07, 6.45) is 2.21. The van der Waals surface area contributed by atoms with E-state index in [0.717, 1.165) is 5.33 Å². The molecule has 86 valence electrons. The molecule has 0 nitrogen and oxygen atoms in total. The third kappa shape index (κ3) is 3.07. The summed E-state index contributed by atoms with van der Waals surface area (Å²) in [6.45, 7) is 2.11. The molecule has 0 amide bonds. The third-order valence-corrected chi connectivity index (χ3v) is 3.05. The zero-order chi connectivity index (χ0) is 12.1. The number of aryl methyl sites for hydroxylation is 1. The molecule has 17 heavy (non-hydrogen) atoms. The van der Waals surface area contributed by atoms with Gasteiger partial charge in [0.25, 0.3) is 0 Å². The van der Waals surface area contributed by atoms with Crippen LogP contribution in [0.2, 0.25) is 0 Å². The molecular weight excluding hydrogens is 272 g/mol. The van der Waals surface area contributed by atoms with Crippen LogP contribution in [0, 0.1) is 6.92 Å². The highest BCUT2D eigenvalue weighted by Crippen LogP contribution is 2.23. The third-order valence-electron chi connectivity index (χ3n) is 2.73. The van der Waals surface area contributed by atoms with Gasteiger partial charge in [-0.25, -0.2) is 0 Å².